The van der Waals surface area contributed by atoms with E-state index in [0.717, 1.165) is 16.3 Å². The fourth-order valence-electron chi connectivity index (χ4n) is 2.17. The van der Waals surface area contributed by atoms with Crippen molar-refractivity contribution in [3.8, 4) is 0 Å². The number of nitrogens with zero attached hydrogens (tertiary/aromatic N) is 2. The summed E-state index contributed by atoms with van der Waals surface area (Å²) in [6.07, 6.45) is 2.06. The number of hydrogen-bond donors (Lipinski definition) is 1. The van der Waals surface area contributed by atoms with Crippen molar-refractivity contribution in [3.05, 3.63) is 50.5 Å². The van der Waals surface area contributed by atoms with E-state index in [4.69, 9.17) is 23.2 Å². The minimum absolute atomic E-state index is 0.00605. The third-order valence-electron chi connectivity index (χ3n) is 3.18. The summed E-state index contributed by atoms with van der Waals surface area (Å²) < 4.78 is 15.5. The molecular formula is C14H12Cl2FN3S. The molecule has 0 bridgehead atoms. The highest BCUT2D eigenvalue weighted by atomic mass is 35.5. The van der Waals surface area contributed by atoms with Crippen LogP contribution in [0.1, 0.15) is 16.3 Å². The van der Waals surface area contributed by atoms with Crippen LogP contribution in [-0.2, 0) is 6.54 Å². The Labute approximate surface area is 135 Å². The van der Waals surface area contributed by atoms with Gasteiger partial charge in [-0.2, -0.15) is 0 Å². The summed E-state index contributed by atoms with van der Waals surface area (Å²) in [4.78, 5) is 6.69. The van der Waals surface area contributed by atoms with Gasteiger partial charge in [-0.25, -0.2) is 9.37 Å². The van der Waals surface area contributed by atoms with Crippen molar-refractivity contribution in [3.63, 3.8) is 0 Å². The predicted molar refractivity (Wildman–Crippen MR) is 86.3 cm³/mol. The summed E-state index contributed by atoms with van der Waals surface area (Å²) in [5, 5.41) is 3.22. The molecule has 3 rings (SSSR count). The van der Waals surface area contributed by atoms with E-state index >= 15 is 0 Å². The van der Waals surface area contributed by atoms with Gasteiger partial charge in [-0.15, -0.1) is 11.3 Å². The summed E-state index contributed by atoms with van der Waals surface area (Å²) in [6.45, 7) is 4.57. The van der Waals surface area contributed by atoms with E-state index < -0.39 is 5.82 Å². The molecule has 0 unspecified atom stereocenters. The van der Waals surface area contributed by atoms with Crippen molar-refractivity contribution in [2.45, 2.75) is 20.4 Å². The molecule has 0 aliphatic heterocycles. The van der Waals surface area contributed by atoms with Crippen LogP contribution < -0.4 is 5.32 Å². The van der Waals surface area contributed by atoms with Crippen molar-refractivity contribution in [2.24, 2.45) is 0 Å². The molecule has 0 amide bonds. The van der Waals surface area contributed by atoms with E-state index in [-0.39, 0.29) is 10.0 Å². The summed E-state index contributed by atoms with van der Waals surface area (Å²) in [7, 11) is 0. The second-order valence-electron chi connectivity index (χ2n) is 4.75. The number of hydrogen-bond acceptors (Lipinski definition) is 3. The molecule has 0 radical (unpaired) electrons. The van der Waals surface area contributed by atoms with Crippen LogP contribution in [0.3, 0.4) is 0 Å². The number of aryl methyl sites for hydroxylation is 2. The van der Waals surface area contributed by atoms with Gasteiger partial charge in [0.25, 0.3) is 0 Å². The molecule has 0 saturated heterocycles. The van der Waals surface area contributed by atoms with Gasteiger partial charge in [-0.3, -0.25) is 4.40 Å². The molecule has 0 aliphatic rings. The Balaban J connectivity index is 1.88. The van der Waals surface area contributed by atoms with Crippen LogP contribution in [0.15, 0.2) is 18.3 Å². The number of benzene rings is 1. The van der Waals surface area contributed by atoms with Crippen molar-refractivity contribution in [2.75, 3.05) is 5.32 Å². The molecule has 110 valence electrons. The first-order valence-electron chi connectivity index (χ1n) is 6.28. The summed E-state index contributed by atoms with van der Waals surface area (Å²) in [5.74, 6) is -0.597. The van der Waals surface area contributed by atoms with Gasteiger partial charge >= 0.3 is 0 Å². The smallest absolute Gasteiger partial charge is 0.194 e. The number of halogens is 3. The Morgan fingerprint density at radius 1 is 1.29 bits per heavy atom. The second kappa shape index (κ2) is 5.48. The van der Waals surface area contributed by atoms with E-state index in [1.54, 1.807) is 11.3 Å². The van der Waals surface area contributed by atoms with Crippen LogP contribution in [0.25, 0.3) is 4.96 Å². The molecule has 0 atom stereocenters. The van der Waals surface area contributed by atoms with Crippen molar-refractivity contribution in [1.82, 2.24) is 9.38 Å². The van der Waals surface area contributed by atoms with E-state index in [1.807, 2.05) is 13.8 Å². The first-order chi connectivity index (χ1) is 9.95. The molecule has 1 aromatic carbocycles. The zero-order valence-electron chi connectivity index (χ0n) is 11.4. The zero-order chi connectivity index (χ0) is 15.1. The van der Waals surface area contributed by atoms with Gasteiger partial charge in [-0.05, 0) is 26.0 Å². The first kappa shape index (κ1) is 14.6. The van der Waals surface area contributed by atoms with Crippen LogP contribution in [0.4, 0.5) is 10.1 Å². The Hall–Kier alpha value is -1.30. The summed E-state index contributed by atoms with van der Waals surface area (Å²) in [5.41, 5.74) is 2.70. The normalized spacial score (nSPS) is 11.3. The van der Waals surface area contributed by atoms with Crippen LogP contribution in [-0.4, -0.2) is 9.38 Å². The zero-order valence-corrected chi connectivity index (χ0v) is 13.7. The lowest BCUT2D eigenvalue weighted by Crippen LogP contribution is -2.04. The Bertz CT molecular complexity index is 802. The van der Waals surface area contributed by atoms with E-state index in [2.05, 4.69) is 20.9 Å². The third kappa shape index (κ3) is 2.73. The molecule has 2 heterocycles. The number of fused-ring (bicyclic) bond motifs is 1. The average Bonchev–Trinajstić information content (AvgIpc) is 2.89. The summed E-state index contributed by atoms with van der Waals surface area (Å²) >= 11 is 13.2. The molecule has 2 aromatic heterocycles. The lowest BCUT2D eigenvalue weighted by molar-refractivity contribution is 0.629. The highest BCUT2D eigenvalue weighted by Gasteiger charge is 2.12. The van der Waals surface area contributed by atoms with Gasteiger partial charge in [0, 0.05) is 16.8 Å². The molecule has 1 N–H and O–H groups in total. The Kier molecular flexibility index (Phi) is 3.82. The number of anilines is 1. The number of aromatic nitrogens is 2. The van der Waals surface area contributed by atoms with Crippen LogP contribution in [0.5, 0.6) is 0 Å². The number of imidazole rings is 1. The number of nitrogens with one attached hydrogen (secondary N) is 1. The molecule has 3 nitrogen and oxygen atoms in total. The molecule has 7 heteroatoms. The number of rotatable bonds is 3. The molecule has 0 spiro atoms. The van der Waals surface area contributed by atoms with Crippen molar-refractivity contribution >= 4 is 45.2 Å². The fourth-order valence-corrected chi connectivity index (χ4v) is 3.54. The molecule has 0 aliphatic carbocycles. The fraction of sp³-hybridized carbons (Fsp3) is 0.214. The lowest BCUT2D eigenvalue weighted by atomic mass is 10.3. The van der Waals surface area contributed by atoms with E-state index in [1.165, 1.54) is 17.0 Å². The maximum atomic E-state index is 13.4. The second-order valence-corrected chi connectivity index (χ2v) is 6.77. The maximum Gasteiger partial charge on any atom is 0.194 e. The van der Waals surface area contributed by atoms with Gasteiger partial charge in [0.2, 0.25) is 0 Å². The molecule has 0 fully saturated rings. The minimum Gasteiger partial charge on any atom is -0.379 e. The standard InChI is InChI=1S/C14H12Cl2FN3S/c1-7-6-20-12(8(2)19-14(20)21-7)5-18-9-3-10(15)13(17)11(16)4-9/h3-4,6,18H,5H2,1-2H3. The first-order valence-corrected chi connectivity index (χ1v) is 7.85. The van der Waals surface area contributed by atoms with Crippen molar-refractivity contribution < 1.29 is 4.39 Å². The highest BCUT2D eigenvalue weighted by Crippen LogP contribution is 2.28. The quantitative estimate of drug-likeness (QED) is 0.672. The van der Waals surface area contributed by atoms with Gasteiger partial charge in [-0.1, -0.05) is 23.2 Å². The van der Waals surface area contributed by atoms with Crippen molar-refractivity contribution in [1.29, 1.82) is 0 Å². The Morgan fingerprint density at radius 3 is 2.62 bits per heavy atom. The van der Waals surface area contributed by atoms with Gasteiger partial charge in [0.15, 0.2) is 10.8 Å². The largest absolute Gasteiger partial charge is 0.379 e. The minimum atomic E-state index is -0.597. The Morgan fingerprint density at radius 2 is 1.95 bits per heavy atom. The summed E-state index contributed by atoms with van der Waals surface area (Å²) in [6, 6.07) is 3.05. The highest BCUT2D eigenvalue weighted by molar-refractivity contribution is 7.17. The monoisotopic (exact) mass is 343 g/mol. The topological polar surface area (TPSA) is 29.3 Å². The average molecular weight is 344 g/mol. The number of thiazole rings is 1. The van der Waals surface area contributed by atoms with E-state index in [9.17, 15) is 4.39 Å². The predicted octanol–water partition coefficient (Wildman–Crippen LogP) is 5.07. The molecular weight excluding hydrogens is 332 g/mol. The van der Waals surface area contributed by atoms with Crippen LogP contribution in [0, 0.1) is 19.7 Å². The van der Waals surface area contributed by atoms with Gasteiger partial charge in [0.1, 0.15) is 0 Å². The van der Waals surface area contributed by atoms with Gasteiger partial charge < -0.3 is 5.32 Å². The lowest BCUT2D eigenvalue weighted by Gasteiger charge is -2.08. The molecule has 0 saturated carbocycles. The van der Waals surface area contributed by atoms with E-state index in [0.29, 0.717) is 12.2 Å². The molecule has 21 heavy (non-hydrogen) atoms. The SMILES string of the molecule is Cc1cn2c(CNc3cc(Cl)c(F)c(Cl)c3)c(C)nc2s1. The van der Waals surface area contributed by atoms with Gasteiger partial charge in [0.05, 0.1) is 28.0 Å². The molecule has 3 aromatic rings. The third-order valence-corrected chi connectivity index (χ3v) is 4.63. The van der Waals surface area contributed by atoms with Crippen LogP contribution >= 0.6 is 34.5 Å². The maximum absolute atomic E-state index is 13.4. The van der Waals surface area contributed by atoms with Crippen LogP contribution in [0.2, 0.25) is 10.0 Å².